The summed E-state index contributed by atoms with van der Waals surface area (Å²) in [7, 11) is -0.974. The van der Waals surface area contributed by atoms with E-state index in [-0.39, 0.29) is 17.0 Å². The van der Waals surface area contributed by atoms with Gasteiger partial charge in [0.05, 0.1) is 30.3 Å². The highest BCUT2D eigenvalue weighted by atomic mass is 32.2. The van der Waals surface area contributed by atoms with Gasteiger partial charge in [0, 0.05) is 32.2 Å². The largest absolute Gasteiger partial charge is 0.495 e. The van der Waals surface area contributed by atoms with Gasteiger partial charge in [0.1, 0.15) is 12.3 Å². The van der Waals surface area contributed by atoms with Gasteiger partial charge in [-0.2, -0.15) is 4.31 Å². The number of benzene rings is 2. The average Bonchev–Trinajstić information content (AvgIpc) is 3.13. The number of oxazole rings is 1. The van der Waals surface area contributed by atoms with E-state index in [4.69, 9.17) is 9.15 Å². The third-order valence-electron chi connectivity index (χ3n) is 5.46. The minimum absolute atomic E-state index is 0.0229. The third-order valence-corrected chi connectivity index (χ3v) is 7.35. The predicted octanol–water partition coefficient (Wildman–Crippen LogP) is 1.29. The maximum Gasteiger partial charge on any atom is 0.420 e. The van der Waals surface area contributed by atoms with Crippen LogP contribution in [-0.4, -0.2) is 63.7 Å². The zero-order chi connectivity index (χ0) is 22.9. The first kappa shape index (κ1) is 21.9. The van der Waals surface area contributed by atoms with Gasteiger partial charge >= 0.3 is 11.7 Å². The summed E-state index contributed by atoms with van der Waals surface area (Å²) in [6, 6.07) is 11.8. The zero-order valence-electron chi connectivity index (χ0n) is 17.7. The molecule has 32 heavy (non-hydrogen) atoms. The van der Waals surface area contributed by atoms with Crippen LogP contribution in [0.25, 0.3) is 11.1 Å². The van der Waals surface area contributed by atoms with Crippen molar-refractivity contribution in [2.24, 2.45) is 0 Å². The Morgan fingerprint density at radius 2 is 1.78 bits per heavy atom. The van der Waals surface area contributed by atoms with E-state index in [1.165, 1.54) is 29.6 Å². The van der Waals surface area contributed by atoms with E-state index < -0.39 is 21.7 Å². The van der Waals surface area contributed by atoms with Gasteiger partial charge in [-0.05, 0) is 24.3 Å². The lowest BCUT2D eigenvalue weighted by Crippen LogP contribution is -2.48. The molecular weight excluding hydrogens is 438 g/mol. The van der Waals surface area contributed by atoms with Crippen LogP contribution in [0.2, 0.25) is 0 Å². The standard InChI is InChI=1S/C21H23N3O7S/c1-29-18-6-4-3-5-16(18)22-9-11-23(12-10-22)32(27,28)15-7-8-17-19(13-15)31-21(26)24(17)14-20(25)30-2/h3-8,13H,9-12,14H2,1-2H3. The molecule has 0 aliphatic carbocycles. The van der Waals surface area contributed by atoms with Gasteiger partial charge in [-0.25, -0.2) is 13.2 Å². The number of aromatic nitrogens is 1. The number of piperazine rings is 1. The molecule has 0 radical (unpaired) electrons. The molecule has 0 unspecified atom stereocenters. The van der Waals surface area contributed by atoms with Crippen LogP contribution >= 0.6 is 0 Å². The average molecular weight is 461 g/mol. The number of anilines is 1. The van der Waals surface area contributed by atoms with E-state index in [0.29, 0.717) is 31.7 Å². The summed E-state index contributed by atoms with van der Waals surface area (Å²) in [5.74, 6) is -0.634. The van der Waals surface area contributed by atoms with Crippen LogP contribution in [0.5, 0.6) is 5.75 Å². The molecule has 0 spiro atoms. The minimum Gasteiger partial charge on any atom is -0.495 e. The van der Waals surface area contributed by atoms with Gasteiger partial charge in [0.25, 0.3) is 0 Å². The Morgan fingerprint density at radius 1 is 1.06 bits per heavy atom. The molecule has 11 heteroatoms. The number of rotatable bonds is 6. The van der Waals surface area contributed by atoms with Gasteiger partial charge in [-0.1, -0.05) is 12.1 Å². The van der Waals surface area contributed by atoms with E-state index >= 15 is 0 Å². The number of ether oxygens (including phenoxy) is 2. The van der Waals surface area contributed by atoms with E-state index in [2.05, 4.69) is 9.64 Å². The fraction of sp³-hybridized carbons (Fsp3) is 0.333. The monoisotopic (exact) mass is 461 g/mol. The molecule has 0 atom stereocenters. The number of esters is 1. The summed E-state index contributed by atoms with van der Waals surface area (Å²) in [5, 5.41) is 0. The molecule has 4 rings (SSSR count). The third kappa shape index (κ3) is 3.96. The summed E-state index contributed by atoms with van der Waals surface area (Å²) in [6.07, 6.45) is 0. The normalized spacial score (nSPS) is 15.1. The summed E-state index contributed by atoms with van der Waals surface area (Å²) < 4.78 is 44.1. The van der Waals surface area contributed by atoms with Crippen molar-refractivity contribution in [3.8, 4) is 5.75 Å². The molecule has 1 fully saturated rings. The topological polar surface area (TPSA) is 111 Å². The maximum atomic E-state index is 13.2. The van der Waals surface area contributed by atoms with Crippen molar-refractivity contribution in [2.75, 3.05) is 45.3 Å². The van der Waals surface area contributed by atoms with E-state index in [1.807, 2.05) is 24.3 Å². The van der Waals surface area contributed by atoms with E-state index in [9.17, 15) is 18.0 Å². The minimum atomic E-state index is -3.79. The van der Waals surface area contributed by atoms with Gasteiger partial charge in [0.2, 0.25) is 10.0 Å². The summed E-state index contributed by atoms with van der Waals surface area (Å²) >= 11 is 0. The quantitative estimate of drug-likeness (QED) is 0.505. The fourth-order valence-corrected chi connectivity index (χ4v) is 5.20. The van der Waals surface area contributed by atoms with Crippen LogP contribution in [0.15, 0.2) is 56.6 Å². The Morgan fingerprint density at radius 3 is 2.47 bits per heavy atom. The van der Waals surface area contributed by atoms with Gasteiger partial charge in [0.15, 0.2) is 5.58 Å². The highest BCUT2D eigenvalue weighted by molar-refractivity contribution is 7.89. The number of carbonyl (C=O) groups is 1. The van der Waals surface area contributed by atoms with Gasteiger partial charge < -0.3 is 18.8 Å². The molecule has 0 bridgehead atoms. The number of para-hydroxylation sites is 2. The van der Waals surface area contributed by atoms with Crippen molar-refractivity contribution >= 4 is 32.8 Å². The van der Waals surface area contributed by atoms with Crippen molar-refractivity contribution < 1.29 is 27.1 Å². The van der Waals surface area contributed by atoms with Crippen molar-refractivity contribution in [2.45, 2.75) is 11.4 Å². The number of nitrogens with zero attached hydrogens (tertiary/aromatic N) is 3. The molecule has 10 nitrogen and oxygen atoms in total. The highest BCUT2D eigenvalue weighted by Crippen LogP contribution is 2.29. The number of carbonyl (C=O) groups excluding carboxylic acids is 1. The molecule has 1 aliphatic heterocycles. The Labute approximate surface area is 184 Å². The van der Waals surface area contributed by atoms with Gasteiger partial charge in [-0.15, -0.1) is 0 Å². The van der Waals surface area contributed by atoms with Crippen molar-refractivity contribution in [3.63, 3.8) is 0 Å². The molecule has 1 saturated heterocycles. The Bertz CT molecular complexity index is 1300. The molecule has 0 N–H and O–H groups in total. The Kier molecular flexibility index (Phi) is 5.94. The van der Waals surface area contributed by atoms with Crippen molar-refractivity contribution in [1.29, 1.82) is 0 Å². The molecular formula is C21H23N3O7S. The fourth-order valence-electron chi connectivity index (χ4n) is 3.76. The first-order chi connectivity index (χ1) is 15.3. The first-order valence-corrected chi connectivity index (χ1v) is 11.4. The molecule has 0 saturated carbocycles. The smallest absolute Gasteiger partial charge is 0.420 e. The summed E-state index contributed by atoms with van der Waals surface area (Å²) in [5.41, 5.74) is 1.33. The molecule has 1 aromatic heterocycles. The SMILES string of the molecule is COC(=O)Cn1c(=O)oc2cc(S(=O)(=O)N3CCN(c4ccccc4OC)CC3)ccc21. The number of methoxy groups -OCH3 is 2. The number of sulfonamides is 1. The second-order valence-corrected chi connectivity index (χ2v) is 9.16. The maximum absolute atomic E-state index is 13.2. The molecule has 2 heterocycles. The van der Waals surface area contributed by atoms with Crippen molar-refractivity contribution in [3.05, 3.63) is 53.0 Å². The molecule has 170 valence electrons. The van der Waals surface area contributed by atoms with Crippen LogP contribution in [0.4, 0.5) is 5.69 Å². The van der Waals surface area contributed by atoms with Crippen LogP contribution in [-0.2, 0) is 26.1 Å². The highest BCUT2D eigenvalue weighted by Gasteiger charge is 2.30. The van der Waals surface area contributed by atoms with E-state index in [0.717, 1.165) is 16.0 Å². The Hall–Kier alpha value is -3.31. The van der Waals surface area contributed by atoms with Gasteiger partial charge in [-0.3, -0.25) is 9.36 Å². The second kappa shape index (κ2) is 8.67. The lowest BCUT2D eigenvalue weighted by atomic mass is 10.2. The summed E-state index contributed by atoms with van der Waals surface area (Å²) in [4.78, 5) is 25.7. The van der Waals surface area contributed by atoms with Crippen LogP contribution in [0.3, 0.4) is 0 Å². The lowest BCUT2D eigenvalue weighted by Gasteiger charge is -2.35. The summed E-state index contributed by atoms with van der Waals surface area (Å²) in [6.45, 7) is 1.29. The van der Waals surface area contributed by atoms with Crippen LogP contribution < -0.4 is 15.4 Å². The first-order valence-electron chi connectivity index (χ1n) is 9.93. The zero-order valence-corrected chi connectivity index (χ0v) is 18.5. The van der Waals surface area contributed by atoms with Crippen LogP contribution in [0.1, 0.15) is 0 Å². The number of hydrogen-bond donors (Lipinski definition) is 0. The molecule has 1 aliphatic rings. The number of fused-ring (bicyclic) bond motifs is 1. The Balaban J connectivity index is 1.55. The van der Waals surface area contributed by atoms with Crippen molar-refractivity contribution in [1.82, 2.24) is 8.87 Å². The van der Waals surface area contributed by atoms with E-state index in [1.54, 1.807) is 7.11 Å². The molecule has 2 aromatic carbocycles. The molecule has 0 amide bonds. The second-order valence-electron chi connectivity index (χ2n) is 7.22. The lowest BCUT2D eigenvalue weighted by molar-refractivity contribution is -0.141. The number of hydrogen-bond acceptors (Lipinski definition) is 8. The predicted molar refractivity (Wildman–Crippen MR) is 116 cm³/mol. The van der Waals surface area contributed by atoms with Crippen LogP contribution in [0, 0.1) is 0 Å². The molecule has 3 aromatic rings.